The average molecular weight is 157 g/mol. The molecular formula is C4H3ClF2O2. The molecule has 0 aromatic heterocycles. The molecule has 0 spiro atoms. The fourth-order valence-electron chi connectivity index (χ4n) is 0.214. The summed E-state index contributed by atoms with van der Waals surface area (Å²) >= 11 is 4.62. The average Bonchev–Trinajstić information content (AvgIpc) is 1.63. The summed E-state index contributed by atoms with van der Waals surface area (Å²) in [5, 5.41) is -1.06. The van der Waals surface area contributed by atoms with Crippen molar-refractivity contribution in [2.45, 2.75) is 12.8 Å². The van der Waals surface area contributed by atoms with Crippen molar-refractivity contribution in [3.8, 4) is 0 Å². The minimum Gasteiger partial charge on any atom is -0.293 e. The summed E-state index contributed by atoms with van der Waals surface area (Å²) in [5.41, 5.74) is 0. The molecule has 0 heterocycles. The van der Waals surface area contributed by atoms with Gasteiger partial charge in [-0.05, 0) is 11.6 Å². The molecule has 0 atom stereocenters. The van der Waals surface area contributed by atoms with Gasteiger partial charge in [0.1, 0.15) is 0 Å². The predicted molar refractivity (Wildman–Crippen MR) is 26.5 cm³/mol. The number of hydrogen-bond donors (Lipinski definition) is 0. The van der Waals surface area contributed by atoms with Crippen LogP contribution in [0.25, 0.3) is 0 Å². The lowest BCUT2D eigenvalue weighted by molar-refractivity contribution is -0.132. The highest BCUT2D eigenvalue weighted by molar-refractivity contribution is 6.65. The Labute approximate surface area is 54.8 Å². The molecule has 0 saturated carbocycles. The van der Waals surface area contributed by atoms with Gasteiger partial charge in [0.25, 0.3) is 6.43 Å². The van der Waals surface area contributed by atoms with Crippen molar-refractivity contribution in [1.29, 1.82) is 0 Å². The molecule has 0 rings (SSSR count). The first-order chi connectivity index (χ1) is 4.04. The first-order valence-electron chi connectivity index (χ1n) is 2.03. The largest absolute Gasteiger partial charge is 0.296 e. The number of halogens is 3. The van der Waals surface area contributed by atoms with Crippen molar-refractivity contribution in [2.24, 2.45) is 0 Å². The van der Waals surface area contributed by atoms with Crippen molar-refractivity contribution < 1.29 is 18.4 Å². The molecule has 0 radical (unpaired) electrons. The van der Waals surface area contributed by atoms with Crippen LogP contribution < -0.4 is 0 Å². The minimum absolute atomic E-state index is 0.890. The Morgan fingerprint density at radius 2 is 1.89 bits per heavy atom. The Hall–Kier alpha value is -0.510. The minimum atomic E-state index is -3.09. The van der Waals surface area contributed by atoms with E-state index < -0.39 is 23.9 Å². The molecule has 0 fully saturated rings. The van der Waals surface area contributed by atoms with Crippen molar-refractivity contribution in [2.75, 3.05) is 0 Å². The third kappa shape index (κ3) is 4.02. The van der Waals surface area contributed by atoms with Crippen LogP contribution in [0.5, 0.6) is 0 Å². The maximum Gasteiger partial charge on any atom is 0.296 e. The number of hydrogen-bond acceptors (Lipinski definition) is 2. The SMILES string of the molecule is O=C(Cl)CC(=O)C(F)F. The van der Waals surface area contributed by atoms with Gasteiger partial charge in [-0.1, -0.05) is 0 Å². The zero-order chi connectivity index (χ0) is 7.44. The molecule has 5 heteroatoms. The molecule has 0 aromatic rings. The van der Waals surface area contributed by atoms with Crippen LogP contribution in [-0.2, 0) is 9.59 Å². The van der Waals surface area contributed by atoms with Crippen LogP contribution in [0.4, 0.5) is 8.78 Å². The van der Waals surface area contributed by atoms with Crippen LogP contribution in [0.2, 0.25) is 0 Å². The van der Waals surface area contributed by atoms with Crippen LogP contribution in [0.15, 0.2) is 0 Å². The van der Waals surface area contributed by atoms with E-state index in [-0.39, 0.29) is 0 Å². The van der Waals surface area contributed by atoms with E-state index in [0.717, 1.165) is 0 Å². The van der Waals surface area contributed by atoms with Gasteiger partial charge in [0.2, 0.25) is 11.0 Å². The summed E-state index contributed by atoms with van der Waals surface area (Å²) < 4.78 is 22.5. The van der Waals surface area contributed by atoms with Crippen LogP contribution in [0, 0.1) is 0 Å². The number of alkyl halides is 2. The summed E-state index contributed by atoms with van der Waals surface area (Å²) in [6.07, 6.45) is -3.98. The summed E-state index contributed by atoms with van der Waals surface area (Å²) in [6.45, 7) is 0. The van der Waals surface area contributed by atoms with E-state index >= 15 is 0 Å². The third-order valence-corrected chi connectivity index (χ3v) is 0.690. The molecule has 52 valence electrons. The van der Waals surface area contributed by atoms with Gasteiger partial charge >= 0.3 is 0 Å². The zero-order valence-electron chi connectivity index (χ0n) is 4.23. The molecule has 2 nitrogen and oxygen atoms in total. The predicted octanol–water partition coefficient (Wildman–Crippen LogP) is 0.976. The van der Waals surface area contributed by atoms with Crippen molar-refractivity contribution in [3.63, 3.8) is 0 Å². The van der Waals surface area contributed by atoms with Gasteiger partial charge in [-0.15, -0.1) is 0 Å². The quantitative estimate of drug-likeness (QED) is 0.451. The van der Waals surface area contributed by atoms with Gasteiger partial charge in [-0.2, -0.15) is 0 Å². The Morgan fingerprint density at radius 1 is 1.44 bits per heavy atom. The Balaban J connectivity index is 3.64. The number of Topliss-reactive ketones (excluding diaryl/α,β-unsaturated/α-hetero) is 1. The van der Waals surface area contributed by atoms with Crippen molar-refractivity contribution >= 4 is 22.6 Å². The van der Waals surface area contributed by atoms with E-state index in [4.69, 9.17) is 0 Å². The number of carbonyl (C=O) groups is 2. The number of rotatable bonds is 3. The van der Waals surface area contributed by atoms with Gasteiger partial charge in [0.05, 0.1) is 6.42 Å². The Kier molecular flexibility index (Phi) is 3.30. The molecule has 9 heavy (non-hydrogen) atoms. The normalized spacial score (nSPS) is 9.78. The number of ketones is 1. The highest BCUT2D eigenvalue weighted by Gasteiger charge is 2.17. The molecule has 0 saturated heterocycles. The molecule has 0 bridgehead atoms. The second-order valence-corrected chi connectivity index (χ2v) is 1.72. The van der Waals surface area contributed by atoms with Gasteiger partial charge in [0, 0.05) is 0 Å². The molecule has 0 aliphatic heterocycles. The topological polar surface area (TPSA) is 34.1 Å². The standard InChI is InChI=1S/C4H3ClF2O2/c5-3(9)1-2(8)4(6)7/h4H,1H2. The highest BCUT2D eigenvalue weighted by atomic mass is 35.5. The Morgan fingerprint density at radius 3 is 2.00 bits per heavy atom. The molecule has 0 aliphatic carbocycles. The van der Waals surface area contributed by atoms with Gasteiger partial charge in [-0.25, -0.2) is 8.78 Å². The maximum absolute atomic E-state index is 11.2. The fraction of sp³-hybridized carbons (Fsp3) is 0.500. The lowest BCUT2D eigenvalue weighted by atomic mass is 10.3. The number of carbonyl (C=O) groups excluding carboxylic acids is 2. The molecule has 0 N–H and O–H groups in total. The van der Waals surface area contributed by atoms with E-state index in [2.05, 4.69) is 11.6 Å². The van der Waals surface area contributed by atoms with E-state index in [0.29, 0.717) is 0 Å². The van der Waals surface area contributed by atoms with E-state index in [1.54, 1.807) is 0 Å². The first-order valence-corrected chi connectivity index (χ1v) is 2.41. The smallest absolute Gasteiger partial charge is 0.293 e. The van der Waals surface area contributed by atoms with Gasteiger partial charge in [-0.3, -0.25) is 9.59 Å². The third-order valence-electron chi connectivity index (χ3n) is 0.557. The molecular weight excluding hydrogens is 153 g/mol. The molecule has 0 aromatic carbocycles. The molecule has 0 unspecified atom stereocenters. The van der Waals surface area contributed by atoms with E-state index in [1.165, 1.54) is 0 Å². The van der Waals surface area contributed by atoms with Crippen molar-refractivity contribution in [1.82, 2.24) is 0 Å². The maximum atomic E-state index is 11.2. The van der Waals surface area contributed by atoms with Crippen LogP contribution in [-0.4, -0.2) is 17.5 Å². The molecule has 0 aliphatic rings. The fourth-order valence-corrected chi connectivity index (χ4v) is 0.346. The summed E-state index contributed by atoms with van der Waals surface area (Å²) in [7, 11) is 0. The highest BCUT2D eigenvalue weighted by Crippen LogP contribution is 1.99. The van der Waals surface area contributed by atoms with Gasteiger partial charge in [0.15, 0.2) is 0 Å². The molecule has 0 amide bonds. The van der Waals surface area contributed by atoms with Crippen molar-refractivity contribution in [3.05, 3.63) is 0 Å². The second kappa shape index (κ2) is 3.50. The first kappa shape index (κ1) is 8.49. The Bertz CT molecular complexity index is 135. The van der Waals surface area contributed by atoms with E-state index in [1.807, 2.05) is 0 Å². The summed E-state index contributed by atoms with van der Waals surface area (Å²) in [5.74, 6) is -1.44. The van der Waals surface area contributed by atoms with Gasteiger partial charge < -0.3 is 0 Å². The zero-order valence-corrected chi connectivity index (χ0v) is 4.99. The lowest BCUT2D eigenvalue weighted by Gasteiger charge is -1.90. The summed E-state index contributed by atoms with van der Waals surface area (Å²) in [4.78, 5) is 19.7. The van der Waals surface area contributed by atoms with E-state index in [9.17, 15) is 18.4 Å². The second-order valence-electron chi connectivity index (χ2n) is 1.30. The lowest BCUT2D eigenvalue weighted by Crippen LogP contribution is -2.11. The van der Waals surface area contributed by atoms with Crippen LogP contribution in [0.3, 0.4) is 0 Å². The van der Waals surface area contributed by atoms with Crippen LogP contribution >= 0.6 is 11.6 Å². The van der Waals surface area contributed by atoms with Crippen LogP contribution in [0.1, 0.15) is 6.42 Å². The summed E-state index contributed by atoms with van der Waals surface area (Å²) in [6, 6.07) is 0. The monoisotopic (exact) mass is 156 g/mol.